The van der Waals surface area contributed by atoms with E-state index in [1.165, 1.54) is 42.9 Å². The summed E-state index contributed by atoms with van der Waals surface area (Å²) in [5, 5.41) is 3.74. The van der Waals surface area contributed by atoms with E-state index in [9.17, 15) is 0 Å². The first-order valence-electron chi connectivity index (χ1n) is 8.00. The van der Waals surface area contributed by atoms with Crippen molar-refractivity contribution in [3.63, 3.8) is 0 Å². The highest BCUT2D eigenvalue weighted by Crippen LogP contribution is 2.31. The van der Waals surface area contributed by atoms with Gasteiger partial charge in [0, 0.05) is 37.0 Å². The normalized spacial score (nSPS) is 32.1. The van der Waals surface area contributed by atoms with E-state index in [2.05, 4.69) is 59.2 Å². The lowest BCUT2D eigenvalue weighted by molar-refractivity contribution is 0.0838. The van der Waals surface area contributed by atoms with Crippen molar-refractivity contribution in [3.05, 3.63) is 35.9 Å². The molecule has 3 rings (SSSR count). The smallest absolute Gasteiger partial charge is 0.0476 e. The Morgan fingerprint density at radius 2 is 2.15 bits per heavy atom. The standard InChI is InChI=1S/C17H26N2S/c1-2-15-12-19(16-9-6-10-20-13-16)17(11-18-15)14-7-4-3-5-8-14/h3-5,7-8,15-18H,2,6,9-13H2,1H3. The van der Waals surface area contributed by atoms with Crippen molar-refractivity contribution in [2.75, 3.05) is 24.6 Å². The van der Waals surface area contributed by atoms with Crippen LogP contribution in [0.5, 0.6) is 0 Å². The van der Waals surface area contributed by atoms with Crippen LogP contribution in [0.1, 0.15) is 37.8 Å². The number of rotatable bonds is 3. The van der Waals surface area contributed by atoms with Gasteiger partial charge in [-0.25, -0.2) is 0 Å². The van der Waals surface area contributed by atoms with E-state index in [1.54, 1.807) is 0 Å². The first-order valence-corrected chi connectivity index (χ1v) is 9.15. The molecular weight excluding hydrogens is 264 g/mol. The van der Waals surface area contributed by atoms with Gasteiger partial charge >= 0.3 is 0 Å². The molecule has 0 saturated carbocycles. The molecule has 3 atom stereocenters. The second kappa shape index (κ2) is 6.97. The predicted molar refractivity (Wildman–Crippen MR) is 88.3 cm³/mol. The van der Waals surface area contributed by atoms with Crippen LogP contribution in [0.3, 0.4) is 0 Å². The zero-order valence-electron chi connectivity index (χ0n) is 12.4. The summed E-state index contributed by atoms with van der Waals surface area (Å²) < 4.78 is 0. The maximum Gasteiger partial charge on any atom is 0.0476 e. The number of benzene rings is 1. The monoisotopic (exact) mass is 290 g/mol. The summed E-state index contributed by atoms with van der Waals surface area (Å²) in [7, 11) is 0. The molecule has 20 heavy (non-hydrogen) atoms. The highest BCUT2D eigenvalue weighted by molar-refractivity contribution is 7.99. The van der Waals surface area contributed by atoms with Crippen molar-refractivity contribution in [1.29, 1.82) is 0 Å². The molecule has 3 unspecified atom stereocenters. The van der Waals surface area contributed by atoms with Gasteiger partial charge < -0.3 is 5.32 Å². The lowest BCUT2D eigenvalue weighted by atomic mass is 9.97. The summed E-state index contributed by atoms with van der Waals surface area (Å²) in [5.41, 5.74) is 1.48. The van der Waals surface area contributed by atoms with Gasteiger partial charge in [0.25, 0.3) is 0 Å². The fraction of sp³-hybridized carbons (Fsp3) is 0.647. The summed E-state index contributed by atoms with van der Waals surface area (Å²) in [6.07, 6.45) is 4.00. The van der Waals surface area contributed by atoms with Crippen LogP contribution in [0.15, 0.2) is 30.3 Å². The SMILES string of the molecule is CCC1CN(C2CCCSC2)C(c2ccccc2)CN1. The number of piperazine rings is 1. The second-order valence-corrected chi connectivity index (χ2v) is 7.16. The van der Waals surface area contributed by atoms with Crippen LogP contribution in [0, 0.1) is 0 Å². The second-order valence-electron chi connectivity index (χ2n) is 6.01. The summed E-state index contributed by atoms with van der Waals surface area (Å²) in [6, 6.07) is 13.1. The minimum absolute atomic E-state index is 0.558. The van der Waals surface area contributed by atoms with Gasteiger partial charge in [-0.15, -0.1) is 0 Å². The Balaban J connectivity index is 1.79. The number of nitrogens with one attached hydrogen (secondary N) is 1. The predicted octanol–water partition coefficient (Wildman–Crippen LogP) is 3.31. The fourth-order valence-electron chi connectivity index (χ4n) is 3.49. The van der Waals surface area contributed by atoms with Gasteiger partial charge in [0.05, 0.1) is 0 Å². The van der Waals surface area contributed by atoms with E-state index in [-0.39, 0.29) is 0 Å². The molecule has 3 heteroatoms. The summed E-state index contributed by atoms with van der Waals surface area (Å²) in [5.74, 6) is 2.68. The molecule has 1 aromatic carbocycles. The third kappa shape index (κ3) is 3.21. The highest BCUT2D eigenvalue weighted by Gasteiger charge is 2.33. The Hall–Kier alpha value is -0.510. The average molecular weight is 290 g/mol. The van der Waals surface area contributed by atoms with Gasteiger partial charge in [-0.3, -0.25) is 4.90 Å². The molecule has 2 saturated heterocycles. The molecule has 0 bridgehead atoms. The Morgan fingerprint density at radius 3 is 2.85 bits per heavy atom. The van der Waals surface area contributed by atoms with Gasteiger partial charge in [0.15, 0.2) is 0 Å². The van der Waals surface area contributed by atoms with Crippen LogP contribution in [0.4, 0.5) is 0 Å². The molecule has 0 spiro atoms. The first-order chi connectivity index (χ1) is 9.88. The van der Waals surface area contributed by atoms with E-state index in [4.69, 9.17) is 0 Å². The van der Waals surface area contributed by atoms with E-state index in [0.29, 0.717) is 12.1 Å². The molecule has 2 fully saturated rings. The molecule has 2 nitrogen and oxygen atoms in total. The topological polar surface area (TPSA) is 15.3 Å². The van der Waals surface area contributed by atoms with Crippen LogP contribution >= 0.6 is 11.8 Å². The van der Waals surface area contributed by atoms with Gasteiger partial charge in [-0.2, -0.15) is 11.8 Å². The third-order valence-electron chi connectivity index (χ3n) is 4.71. The average Bonchev–Trinajstić information content (AvgIpc) is 2.56. The zero-order chi connectivity index (χ0) is 13.8. The molecule has 2 heterocycles. The molecule has 0 amide bonds. The Kier molecular flexibility index (Phi) is 5.03. The van der Waals surface area contributed by atoms with Crippen LogP contribution in [0.25, 0.3) is 0 Å². The Bertz CT molecular complexity index is 403. The van der Waals surface area contributed by atoms with E-state index in [0.717, 1.165) is 12.6 Å². The highest BCUT2D eigenvalue weighted by atomic mass is 32.2. The molecule has 0 aliphatic carbocycles. The zero-order valence-corrected chi connectivity index (χ0v) is 13.2. The Morgan fingerprint density at radius 1 is 1.30 bits per heavy atom. The first kappa shape index (κ1) is 14.4. The van der Waals surface area contributed by atoms with Crippen molar-refractivity contribution in [1.82, 2.24) is 10.2 Å². The lowest BCUT2D eigenvalue weighted by Crippen LogP contribution is -2.56. The van der Waals surface area contributed by atoms with Crippen LogP contribution < -0.4 is 5.32 Å². The molecular formula is C17H26N2S. The molecule has 1 aromatic rings. The lowest BCUT2D eigenvalue weighted by Gasteiger charge is -2.46. The van der Waals surface area contributed by atoms with Crippen LogP contribution in [0.2, 0.25) is 0 Å². The number of nitrogens with zero attached hydrogens (tertiary/aromatic N) is 1. The quantitative estimate of drug-likeness (QED) is 0.919. The van der Waals surface area contributed by atoms with E-state index < -0.39 is 0 Å². The summed E-state index contributed by atoms with van der Waals surface area (Å²) in [4.78, 5) is 2.80. The summed E-state index contributed by atoms with van der Waals surface area (Å²) >= 11 is 2.14. The molecule has 2 aliphatic rings. The van der Waals surface area contributed by atoms with Gasteiger partial charge in [-0.05, 0) is 30.6 Å². The van der Waals surface area contributed by atoms with Crippen molar-refractivity contribution < 1.29 is 0 Å². The third-order valence-corrected chi connectivity index (χ3v) is 5.91. The molecule has 110 valence electrons. The molecule has 1 N–H and O–H groups in total. The van der Waals surface area contributed by atoms with Gasteiger partial charge in [0.2, 0.25) is 0 Å². The Labute approximate surface area is 127 Å². The molecule has 0 aromatic heterocycles. The maximum atomic E-state index is 3.74. The maximum absolute atomic E-state index is 3.74. The van der Waals surface area contributed by atoms with E-state index in [1.807, 2.05) is 0 Å². The van der Waals surface area contributed by atoms with Crippen molar-refractivity contribution >= 4 is 11.8 Å². The van der Waals surface area contributed by atoms with Crippen molar-refractivity contribution in [2.45, 2.75) is 44.3 Å². The summed E-state index contributed by atoms with van der Waals surface area (Å²) in [6.45, 7) is 4.61. The van der Waals surface area contributed by atoms with Gasteiger partial charge in [-0.1, -0.05) is 37.3 Å². The minimum atomic E-state index is 0.558. The number of thioether (sulfide) groups is 1. The largest absolute Gasteiger partial charge is 0.311 e. The number of hydrogen-bond donors (Lipinski definition) is 1. The van der Waals surface area contributed by atoms with Crippen molar-refractivity contribution in [2.24, 2.45) is 0 Å². The molecule has 0 radical (unpaired) electrons. The fourth-order valence-corrected chi connectivity index (χ4v) is 4.66. The molecule has 2 aliphatic heterocycles. The van der Waals surface area contributed by atoms with E-state index >= 15 is 0 Å². The van der Waals surface area contributed by atoms with Crippen molar-refractivity contribution in [3.8, 4) is 0 Å². The number of hydrogen-bond acceptors (Lipinski definition) is 3. The van der Waals surface area contributed by atoms with Gasteiger partial charge in [0.1, 0.15) is 0 Å². The van der Waals surface area contributed by atoms with Crippen LogP contribution in [-0.4, -0.2) is 41.6 Å². The van der Waals surface area contributed by atoms with Crippen LogP contribution in [-0.2, 0) is 0 Å². The minimum Gasteiger partial charge on any atom is -0.311 e.